The molecule has 1 aliphatic carbocycles. The molecule has 0 aromatic rings. The molecule has 92 valence electrons. The molecule has 0 radical (unpaired) electrons. The maximum absolute atomic E-state index is 11.8. The van der Waals surface area contributed by atoms with Gasteiger partial charge in [-0.2, -0.15) is 11.8 Å². The highest BCUT2D eigenvalue weighted by Gasteiger charge is 2.30. The monoisotopic (exact) mass is 242 g/mol. The van der Waals surface area contributed by atoms with Crippen LogP contribution in [0.4, 0.5) is 0 Å². The van der Waals surface area contributed by atoms with Gasteiger partial charge >= 0.3 is 0 Å². The van der Waals surface area contributed by atoms with E-state index in [1.807, 2.05) is 22.7 Å². The van der Waals surface area contributed by atoms with Gasteiger partial charge in [-0.1, -0.05) is 6.08 Å². The zero-order valence-electron chi connectivity index (χ0n) is 10.1. The van der Waals surface area contributed by atoms with Gasteiger partial charge in [0.05, 0.1) is 6.54 Å². The third-order valence-corrected chi connectivity index (χ3v) is 3.55. The van der Waals surface area contributed by atoms with Gasteiger partial charge in [-0.3, -0.25) is 4.79 Å². The molecule has 1 N–H and O–H groups in total. The molecule has 0 spiro atoms. The fraction of sp³-hybridized carbons (Fsp3) is 0.750. The predicted octanol–water partition coefficient (Wildman–Crippen LogP) is 1.51. The SMILES string of the molecule is C=CCSCCNCC(=O)N(CC)C1CC1. The average Bonchev–Trinajstić information content (AvgIpc) is 3.08. The van der Waals surface area contributed by atoms with Crippen LogP contribution >= 0.6 is 11.8 Å². The molecule has 1 fully saturated rings. The standard InChI is InChI=1S/C12H22N2OS/c1-3-8-16-9-7-13-10-12(15)14(4-2)11-5-6-11/h3,11,13H,1,4-10H2,2H3. The van der Waals surface area contributed by atoms with Crippen molar-refractivity contribution in [3.05, 3.63) is 12.7 Å². The summed E-state index contributed by atoms with van der Waals surface area (Å²) in [6.07, 6.45) is 4.28. The van der Waals surface area contributed by atoms with Crippen LogP contribution < -0.4 is 5.32 Å². The quantitative estimate of drug-likeness (QED) is 0.491. The number of amides is 1. The second kappa shape index (κ2) is 7.74. The summed E-state index contributed by atoms with van der Waals surface area (Å²) >= 11 is 1.83. The Kier molecular flexibility index (Phi) is 6.57. The van der Waals surface area contributed by atoms with Crippen LogP contribution in [0.15, 0.2) is 12.7 Å². The fourth-order valence-electron chi connectivity index (χ4n) is 1.63. The highest BCUT2D eigenvalue weighted by atomic mass is 32.2. The van der Waals surface area contributed by atoms with Crippen molar-refractivity contribution in [3.63, 3.8) is 0 Å². The van der Waals surface area contributed by atoms with Crippen LogP contribution in [0.1, 0.15) is 19.8 Å². The molecule has 0 heterocycles. The van der Waals surface area contributed by atoms with Crippen molar-refractivity contribution >= 4 is 17.7 Å². The maximum Gasteiger partial charge on any atom is 0.236 e. The molecule has 0 aromatic carbocycles. The Hall–Kier alpha value is -0.480. The molecule has 1 aliphatic rings. The second-order valence-electron chi connectivity index (χ2n) is 3.95. The Labute approximate surface area is 103 Å². The summed E-state index contributed by atoms with van der Waals surface area (Å²) in [5.41, 5.74) is 0. The van der Waals surface area contributed by atoms with Gasteiger partial charge in [0, 0.05) is 30.6 Å². The van der Waals surface area contributed by atoms with Crippen LogP contribution in [0, 0.1) is 0 Å². The van der Waals surface area contributed by atoms with E-state index >= 15 is 0 Å². The molecule has 1 rings (SSSR count). The lowest BCUT2D eigenvalue weighted by Crippen LogP contribution is -2.40. The van der Waals surface area contributed by atoms with Gasteiger partial charge in [-0.15, -0.1) is 6.58 Å². The molecular weight excluding hydrogens is 220 g/mol. The van der Waals surface area contributed by atoms with Crippen LogP contribution in [0.25, 0.3) is 0 Å². The van der Waals surface area contributed by atoms with Crippen molar-refractivity contribution < 1.29 is 4.79 Å². The van der Waals surface area contributed by atoms with Gasteiger partial charge in [-0.25, -0.2) is 0 Å². The van der Waals surface area contributed by atoms with Crippen molar-refractivity contribution in [1.82, 2.24) is 10.2 Å². The number of rotatable bonds is 9. The van der Waals surface area contributed by atoms with Crippen molar-refractivity contribution in [2.24, 2.45) is 0 Å². The maximum atomic E-state index is 11.8. The van der Waals surface area contributed by atoms with Gasteiger partial charge in [0.25, 0.3) is 0 Å². The Morgan fingerprint density at radius 2 is 2.38 bits per heavy atom. The number of hydrogen-bond donors (Lipinski definition) is 1. The van der Waals surface area contributed by atoms with E-state index in [-0.39, 0.29) is 5.91 Å². The lowest BCUT2D eigenvalue weighted by Gasteiger charge is -2.20. The van der Waals surface area contributed by atoms with E-state index in [1.54, 1.807) is 0 Å². The molecule has 0 unspecified atom stereocenters. The van der Waals surface area contributed by atoms with Crippen LogP contribution in [0.5, 0.6) is 0 Å². The van der Waals surface area contributed by atoms with Gasteiger partial charge in [0.2, 0.25) is 5.91 Å². The lowest BCUT2D eigenvalue weighted by molar-refractivity contribution is -0.130. The van der Waals surface area contributed by atoms with Gasteiger partial charge < -0.3 is 10.2 Å². The Balaban J connectivity index is 2.02. The Morgan fingerprint density at radius 1 is 1.62 bits per heavy atom. The third kappa shape index (κ3) is 5.03. The molecule has 0 aromatic heterocycles. The van der Waals surface area contributed by atoms with E-state index in [0.717, 1.165) is 24.6 Å². The predicted molar refractivity (Wildman–Crippen MR) is 70.8 cm³/mol. The topological polar surface area (TPSA) is 32.3 Å². The summed E-state index contributed by atoms with van der Waals surface area (Å²) in [4.78, 5) is 13.8. The summed E-state index contributed by atoms with van der Waals surface area (Å²) in [6, 6.07) is 0.537. The van der Waals surface area contributed by atoms with Crippen molar-refractivity contribution in [2.75, 3.05) is 31.1 Å². The minimum absolute atomic E-state index is 0.249. The first kappa shape index (κ1) is 13.6. The van der Waals surface area contributed by atoms with Crippen molar-refractivity contribution in [3.8, 4) is 0 Å². The van der Waals surface area contributed by atoms with E-state index in [1.165, 1.54) is 12.8 Å². The second-order valence-corrected chi connectivity index (χ2v) is 5.10. The lowest BCUT2D eigenvalue weighted by atomic mass is 10.4. The van der Waals surface area contributed by atoms with Crippen LogP contribution in [-0.2, 0) is 4.79 Å². The van der Waals surface area contributed by atoms with E-state index in [0.29, 0.717) is 12.6 Å². The number of nitrogens with one attached hydrogen (secondary N) is 1. The Bertz CT molecular complexity index is 229. The van der Waals surface area contributed by atoms with E-state index in [2.05, 4.69) is 18.8 Å². The normalized spacial score (nSPS) is 14.8. The Morgan fingerprint density at radius 3 is 2.94 bits per heavy atom. The van der Waals surface area contributed by atoms with Gasteiger partial charge in [0.1, 0.15) is 0 Å². The number of carbonyl (C=O) groups is 1. The van der Waals surface area contributed by atoms with Crippen LogP contribution in [0.3, 0.4) is 0 Å². The third-order valence-electron chi connectivity index (χ3n) is 2.58. The number of nitrogens with zero attached hydrogens (tertiary/aromatic N) is 1. The zero-order valence-corrected chi connectivity index (χ0v) is 10.9. The van der Waals surface area contributed by atoms with Crippen molar-refractivity contribution in [1.29, 1.82) is 0 Å². The molecule has 0 atom stereocenters. The molecular formula is C12H22N2OS. The molecule has 1 saturated carbocycles. The molecule has 3 nitrogen and oxygen atoms in total. The number of hydrogen-bond acceptors (Lipinski definition) is 3. The fourth-order valence-corrected chi connectivity index (χ4v) is 2.25. The summed E-state index contributed by atoms with van der Waals surface area (Å²) in [5, 5.41) is 3.20. The number of likely N-dealkylation sites (N-methyl/N-ethyl adjacent to an activating group) is 1. The first-order valence-corrected chi connectivity index (χ1v) is 7.13. The molecule has 1 amide bonds. The highest BCUT2D eigenvalue weighted by Crippen LogP contribution is 2.26. The summed E-state index contributed by atoms with van der Waals surface area (Å²) < 4.78 is 0. The molecule has 4 heteroatoms. The average molecular weight is 242 g/mol. The van der Waals surface area contributed by atoms with Crippen molar-refractivity contribution in [2.45, 2.75) is 25.8 Å². The first-order chi connectivity index (χ1) is 7.79. The minimum atomic E-state index is 0.249. The molecule has 0 bridgehead atoms. The summed E-state index contributed by atoms with van der Waals surface area (Å²) in [5.74, 6) is 2.27. The number of thioether (sulfide) groups is 1. The largest absolute Gasteiger partial charge is 0.339 e. The molecule has 0 saturated heterocycles. The smallest absolute Gasteiger partial charge is 0.236 e. The minimum Gasteiger partial charge on any atom is -0.339 e. The van der Waals surface area contributed by atoms with Crippen LogP contribution in [-0.4, -0.2) is 48.0 Å². The zero-order chi connectivity index (χ0) is 11.8. The van der Waals surface area contributed by atoms with Gasteiger partial charge in [-0.05, 0) is 19.8 Å². The van der Waals surface area contributed by atoms with E-state index in [9.17, 15) is 4.79 Å². The van der Waals surface area contributed by atoms with Crippen LogP contribution in [0.2, 0.25) is 0 Å². The highest BCUT2D eigenvalue weighted by molar-refractivity contribution is 7.99. The van der Waals surface area contributed by atoms with E-state index < -0.39 is 0 Å². The molecule has 0 aliphatic heterocycles. The van der Waals surface area contributed by atoms with E-state index in [4.69, 9.17) is 0 Å². The summed E-state index contributed by atoms with van der Waals surface area (Å²) in [6.45, 7) is 7.94. The number of carbonyl (C=O) groups excluding carboxylic acids is 1. The molecule has 16 heavy (non-hydrogen) atoms. The van der Waals surface area contributed by atoms with Gasteiger partial charge in [0.15, 0.2) is 0 Å². The summed E-state index contributed by atoms with van der Waals surface area (Å²) in [7, 11) is 0. The first-order valence-electron chi connectivity index (χ1n) is 5.98.